The summed E-state index contributed by atoms with van der Waals surface area (Å²) in [7, 11) is 1.84. The van der Waals surface area contributed by atoms with Crippen LogP contribution in [0.25, 0.3) is 5.82 Å². The van der Waals surface area contributed by atoms with Crippen molar-refractivity contribution in [3.63, 3.8) is 0 Å². The van der Waals surface area contributed by atoms with Crippen LogP contribution in [0.2, 0.25) is 20.1 Å². The topological polar surface area (TPSA) is 9.86 Å². The van der Waals surface area contributed by atoms with Crippen LogP contribution in [0, 0.1) is 0 Å². The van der Waals surface area contributed by atoms with Crippen molar-refractivity contribution in [1.82, 2.24) is 9.13 Å². The maximum absolute atomic E-state index is 6.05. The van der Waals surface area contributed by atoms with Crippen molar-refractivity contribution >= 4 is 46.4 Å². The number of halogens is 4. The van der Waals surface area contributed by atoms with Gasteiger partial charge in [-0.1, -0.05) is 46.4 Å². The van der Waals surface area contributed by atoms with Crippen molar-refractivity contribution in [2.24, 2.45) is 7.05 Å². The molecule has 0 N–H and O–H groups in total. The van der Waals surface area contributed by atoms with Crippen LogP contribution in [0.5, 0.6) is 0 Å². The molecule has 0 unspecified atom stereocenters. The molecule has 0 saturated carbocycles. The van der Waals surface area contributed by atoms with E-state index in [4.69, 9.17) is 46.4 Å². The van der Waals surface area contributed by atoms with Crippen molar-refractivity contribution in [2.45, 2.75) is 0 Å². The second-order valence-corrected chi connectivity index (χ2v) is 4.69. The van der Waals surface area contributed by atoms with Crippen molar-refractivity contribution in [2.75, 3.05) is 0 Å². The van der Waals surface area contributed by atoms with Crippen LogP contribution in [0.15, 0.2) is 18.6 Å². The van der Waals surface area contributed by atoms with Crippen LogP contribution in [0.3, 0.4) is 0 Å². The van der Waals surface area contributed by atoms with Crippen LogP contribution in [0.4, 0.5) is 0 Å². The molecule has 0 aliphatic heterocycles. The van der Waals surface area contributed by atoms with Gasteiger partial charge in [-0.25, -0.2) is 0 Å². The summed E-state index contributed by atoms with van der Waals surface area (Å²) in [6, 6.07) is 0. The monoisotopic (exact) mass is 282 g/mol. The fourth-order valence-electron chi connectivity index (χ4n) is 1.37. The first-order valence-electron chi connectivity index (χ1n) is 4.04. The maximum Gasteiger partial charge on any atom is 0.137 e. The molecule has 2 rings (SSSR count). The minimum Gasteiger partial charge on any atom is -0.334 e. The second kappa shape index (κ2) is 3.95. The Kier molecular flexibility index (Phi) is 2.95. The Morgan fingerprint density at radius 1 is 0.867 bits per heavy atom. The van der Waals surface area contributed by atoms with Gasteiger partial charge in [0.05, 0.1) is 15.1 Å². The first-order chi connectivity index (χ1) is 7.00. The van der Waals surface area contributed by atoms with Gasteiger partial charge in [-0.15, -0.1) is 0 Å². The molecule has 2 heterocycles. The fraction of sp³-hybridized carbons (Fsp3) is 0.111. The van der Waals surface area contributed by atoms with Crippen LogP contribution in [-0.4, -0.2) is 9.13 Å². The average Bonchev–Trinajstić information content (AvgIpc) is 2.57. The zero-order valence-electron chi connectivity index (χ0n) is 7.64. The third-order valence-electron chi connectivity index (χ3n) is 2.02. The highest BCUT2D eigenvalue weighted by Crippen LogP contribution is 2.33. The van der Waals surface area contributed by atoms with Gasteiger partial charge in [-0.2, -0.15) is 0 Å². The molecule has 2 nitrogen and oxygen atoms in total. The molecule has 0 saturated heterocycles. The van der Waals surface area contributed by atoms with Gasteiger partial charge < -0.3 is 9.13 Å². The lowest BCUT2D eigenvalue weighted by molar-refractivity contribution is 0.847. The fourth-order valence-corrected chi connectivity index (χ4v) is 2.19. The molecule has 0 fully saturated rings. The van der Waals surface area contributed by atoms with Crippen LogP contribution < -0.4 is 0 Å². The van der Waals surface area contributed by atoms with Gasteiger partial charge in [0.25, 0.3) is 0 Å². The third kappa shape index (κ3) is 1.87. The molecule has 0 aliphatic carbocycles. The van der Waals surface area contributed by atoms with E-state index < -0.39 is 0 Å². The zero-order valence-corrected chi connectivity index (χ0v) is 10.7. The molecule has 2 aromatic heterocycles. The van der Waals surface area contributed by atoms with Gasteiger partial charge in [0, 0.05) is 25.6 Å². The van der Waals surface area contributed by atoms with E-state index in [0.29, 0.717) is 20.1 Å². The SMILES string of the molecule is Cn1cc(Cl)c(Cl)c1-n1cc(Cl)c(Cl)c1. The summed E-state index contributed by atoms with van der Waals surface area (Å²) in [4.78, 5) is 0. The molecule has 2 aromatic rings. The molecule has 0 aliphatic rings. The third-order valence-corrected chi connectivity index (χ3v) is 3.48. The van der Waals surface area contributed by atoms with E-state index >= 15 is 0 Å². The summed E-state index contributed by atoms with van der Waals surface area (Å²) in [6.07, 6.45) is 5.09. The first kappa shape index (κ1) is 11.2. The van der Waals surface area contributed by atoms with Gasteiger partial charge in [-0.05, 0) is 0 Å². The zero-order chi connectivity index (χ0) is 11.2. The largest absolute Gasteiger partial charge is 0.334 e. The molecule has 6 heteroatoms. The molecular formula is C9H6Cl4N2. The van der Waals surface area contributed by atoms with Gasteiger partial charge >= 0.3 is 0 Å². The minimum atomic E-state index is 0.475. The highest BCUT2D eigenvalue weighted by Gasteiger charge is 2.13. The van der Waals surface area contributed by atoms with Crippen molar-refractivity contribution < 1.29 is 0 Å². The van der Waals surface area contributed by atoms with Gasteiger partial charge in [0.1, 0.15) is 10.8 Å². The maximum atomic E-state index is 6.05. The van der Waals surface area contributed by atoms with E-state index in [1.807, 2.05) is 7.05 Å². The predicted octanol–water partition coefficient (Wildman–Crippen LogP) is 4.43. The van der Waals surface area contributed by atoms with Crippen molar-refractivity contribution in [1.29, 1.82) is 0 Å². The summed E-state index contributed by atoms with van der Waals surface area (Å²) in [6.45, 7) is 0. The van der Waals surface area contributed by atoms with E-state index in [1.54, 1.807) is 27.7 Å². The quantitative estimate of drug-likeness (QED) is 0.733. The standard InChI is InChI=1S/C9H6Cl4N2/c1-14-2-7(12)8(13)9(14)15-3-5(10)6(11)4-15/h2-4H,1H3. The molecule has 15 heavy (non-hydrogen) atoms. The van der Waals surface area contributed by atoms with Gasteiger partial charge in [0.15, 0.2) is 0 Å². The lowest BCUT2D eigenvalue weighted by Gasteiger charge is -2.04. The van der Waals surface area contributed by atoms with E-state index in [-0.39, 0.29) is 0 Å². The van der Waals surface area contributed by atoms with Gasteiger partial charge in [0.2, 0.25) is 0 Å². The van der Waals surface area contributed by atoms with Crippen LogP contribution in [0.1, 0.15) is 0 Å². The van der Waals surface area contributed by atoms with E-state index in [9.17, 15) is 0 Å². The molecule has 0 aromatic carbocycles. The Balaban J connectivity index is 2.63. The Bertz CT molecular complexity index is 493. The Morgan fingerprint density at radius 3 is 1.80 bits per heavy atom. The number of rotatable bonds is 1. The van der Waals surface area contributed by atoms with Gasteiger partial charge in [-0.3, -0.25) is 0 Å². The van der Waals surface area contributed by atoms with E-state index in [1.165, 1.54) is 0 Å². The first-order valence-corrected chi connectivity index (χ1v) is 5.55. The van der Waals surface area contributed by atoms with Crippen LogP contribution >= 0.6 is 46.4 Å². The summed E-state index contributed by atoms with van der Waals surface area (Å²) in [5, 5.41) is 1.92. The number of aromatic nitrogens is 2. The molecule has 80 valence electrons. The normalized spacial score (nSPS) is 11.0. The Labute approximate surface area is 107 Å². The Hall–Kier alpha value is -0.280. The van der Waals surface area contributed by atoms with Crippen molar-refractivity contribution in [3.05, 3.63) is 38.7 Å². The average molecular weight is 284 g/mol. The molecule has 0 amide bonds. The van der Waals surface area contributed by atoms with E-state index in [2.05, 4.69) is 0 Å². The lowest BCUT2D eigenvalue weighted by Crippen LogP contribution is -1.98. The molecule has 0 radical (unpaired) electrons. The molecular weight excluding hydrogens is 278 g/mol. The number of aryl methyl sites for hydroxylation is 1. The molecule has 0 bridgehead atoms. The van der Waals surface area contributed by atoms with E-state index in [0.717, 1.165) is 5.82 Å². The molecule has 0 spiro atoms. The van der Waals surface area contributed by atoms with Crippen LogP contribution in [-0.2, 0) is 7.05 Å². The predicted molar refractivity (Wildman–Crippen MR) is 64.8 cm³/mol. The summed E-state index contributed by atoms with van der Waals surface area (Å²) in [5.74, 6) is 0.732. The number of nitrogens with zero attached hydrogens (tertiary/aromatic N) is 2. The second-order valence-electron chi connectivity index (χ2n) is 3.09. The summed E-state index contributed by atoms with van der Waals surface area (Å²) < 4.78 is 3.54. The summed E-state index contributed by atoms with van der Waals surface area (Å²) >= 11 is 23.7. The van der Waals surface area contributed by atoms with Crippen molar-refractivity contribution in [3.8, 4) is 5.82 Å². The smallest absolute Gasteiger partial charge is 0.137 e. The summed E-state index contributed by atoms with van der Waals surface area (Å²) in [5.41, 5.74) is 0. The Morgan fingerprint density at radius 2 is 1.40 bits per heavy atom. The minimum absolute atomic E-state index is 0.475. The molecule has 0 atom stereocenters. The lowest BCUT2D eigenvalue weighted by atomic mass is 10.6. The highest BCUT2D eigenvalue weighted by molar-refractivity contribution is 6.43. The number of hydrogen-bond donors (Lipinski definition) is 0. The highest BCUT2D eigenvalue weighted by atomic mass is 35.5. The number of hydrogen-bond acceptors (Lipinski definition) is 0.